The summed E-state index contributed by atoms with van der Waals surface area (Å²) in [4.78, 5) is 6.57. The van der Waals surface area contributed by atoms with Gasteiger partial charge in [-0.2, -0.15) is 5.06 Å². The maximum atomic E-state index is 6.57. The van der Waals surface area contributed by atoms with Gasteiger partial charge in [0.25, 0.3) is 0 Å². The lowest BCUT2D eigenvalue weighted by Crippen LogP contribution is -2.62. The van der Waals surface area contributed by atoms with Crippen LogP contribution >= 0.6 is 0 Å². The molecule has 0 unspecified atom stereocenters. The van der Waals surface area contributed by atoms with Crippen molar-refractivity contribution in [2.45, 2.75) is 103 Å². The minimum absolute atomic E-state index is 0.0399. The number of hydroxylamine groups is 2. The van der Waals surface area contributed by atoms with E-state index in [1.165, 1.54) is 37.7 Å². The number of nitrogens with zero attached hydrogens (tertiary/aromatic N) is 1. The van der Waals surface area contributed by atoms with Gasteiger partial charge in [-0.3, -0.25) is 4.84 Å². The summed E-state index contributed by atoms with van der Waals surface area (Å²) in [5.41, 5.74) is 2.29. The van der Waals surface area contributed by atoms with Gasteiger partial charge in [0.2, 0.25) is 0 Å². The fraction of sp³-hybridized carbons (Fsp3) is 0.667. The van der Waals surface area contributed by atoms with Gasteiger partial charge in [0, 0.05) is 11.1 Å². The van der Waals surface area contributed by atoms with E-state index >= 15 is 0 Å². The number of piperidine rings is 1. The van der Waals surface area contributed by atoms with E-state index in [2.05, 4.69) is 57.5 Å². The van der Waals surface area contributed by atoms with Crippen molar-refractivity contribution in [2.75, 3.05) is 0 Å². The first-order chi connectivity index (χ1) is 12.8. The van der Waals surface area contributed by atoms with Crippen LogP contribution in [0.5, 0.6) is 0 Å². The van der Waals surface area contributed by atoms with Crippen molar-refractivity contribution >= 4 is 6.08 Å². The Labute approximate surface area is 165 Å². The van der Waals surface area contributed by atoms with E-state index in [-0.39, 0.29) is 17.2 Å². The van der Waals surface area contributed by atoms with Gasteiger partial charge in [-0.05, 0) is 64.5 Å². The molecule has 1 heterocycles. The molecule has 3 rings (SSSR count). The summed E-state index contributed by atoms with van der Waals surface area (Å²) in [6.45, 7) is 13.7. The topological polar surface area (TPSA) is 21.7 Å². The summed E-state index contributed by atoms with van der Waals surface area (Å²) in [5, 5.41) is 2.30. The zero-order chi connectivity index (χ0) is 19.5. The van der Waals surface area contributed by atoms with E-state index in [1.807, 2.05) is 12.1 Å². The van der Waals surface area contributed by atoms with E-state index in [0.29, 0.717) is 12.7 Å². The lowest BCUT2D eigenvalue weighted by molar-refractivity contribution is -0.320. The molecule has 1 aliphatic carbocycles. The molecule has 2 aliphatic rings. The zero-order valence-electron chi connectivity index (χ0n) is 17.7. The molecule has 1 aliphatic heterocycles. The molecule has 0 N–H and O–H groups in total. The highest BCUT2D eigenvalue weighted by molar-refractivity contribution is 5.51. The molecule has 150 valence electrons. The fourth-order valence-electron chi connectivity index (χ4n) is 4.97. The first kappa shape index (κ1) is 20.6. The van der Waals surface area contributed by atoms with Crippen molar-refractivity contribution in [3.05, 3.63) is 42.0 Å². The van der Waals surface area contributed by atoms with Gasteiger partial charge >= 0.3 is 0 Å². The molecule has 0 spiro atoms. The van der Waals surface area contributed by atoms with Crippen molar-refractivity contribution in [3.8, 4) is 0 Å². The summed E-state index contributed by atoms with van der Waals surface area (Å²) in [5.74, 6) is 0. The van der Waals surface area contributed by atoms with E-state index in [4.69, 9.17) is 9.57 Å². The van der Waals surface area contributed by atoms with Gasteiger partial charge in [-0.1, -0.05) is 56.2 Å². The van der Waals surface area contributed by atoms with Crippen LogP contribution in [-0.4, -0.2) is 28.3 Å². The normalized spacial score (nSPS) is 24.0. The third-order valence-electron chi connectivity index (χ3n) is 6.11. The van der Waals surface area contributed by atoms with Gasteiger partial charge in [0.1, 0.15) is 0 Å². The van der Waals surface area contributed by atoms with Crippen LogP contribution in [0.25, 0.3) is 6.08 Å². The highest BCUT2D eigenvalue weighted by Crippen LogP contribution is 2.41. The van der Waals surface area contributed by atoms with Crippen molar-refractivity contribution in [1.82, 2.24) is 5.06 Å². The number of benzene rings is 1. The quantitative estimate of drug-likeness (QED) is 0.600. The van der Waals surface area contributed by atoms with Gasteiger partial charge < -0.3 is 4.74 Å². The minimum atomic E-state index is -0.0399. The second kappa shape index (κ2) is 8.46. The second-order valence-electron chi connectivity index (χ2n) is 9.53. The van der Waals surface area contributed by atoms with Crippen LogP contribution in [0.2, 0.25) is 0 Å². The molecule has 2 fully saturated rings. The first-order valence-corrected chi connectivity index (χ1v) is 10.6. The number of hydrogen-bond donors (Lipinski definition) is 0. The Kier molecular flexibility index (Phi) is 6.45. The standard InChI is InChI=1S/C24H37NO2/c1-6-19-12-10-11-13-20(19)18-26-22-16-23(2,3)25(24(4,5)17-22)27-21-14-8-7-9-15-21/h6,10-13,21-22H,1,7-9,14-18H2,2-5H3. The Morgan fingerprint density at radius 3 is 2.26 bits per heavy atom. The summed E-state index contributed by atoms with van der Waals surface area (Å²) >= 11 is 0. The predicted molar refractivity (Wildman–Crippen MR) is 112 cm³/mol. The van der Waals surface area contributed by atoms with Crippen LogP contribution in [0.4, 0.5) is 0 Å². The van der Waals surface area contributed by atoms with Crippen LogP contribution < -0.4 is 0 Å². The number of rotatable bonds is 6. The van der Waals surface area contributed by atoms with E-state index < -0.39 is 0 Å². The maximum Gasteiger partial charge on any atom is 0.0793 e. The Morgan fingerprint density at radius 1 is 1.00 bits per heavy atom. The molecule has 1 saturated carbocycles. The molecule has 0 amide bonds. The molecular weight excluding hydrogens is 334 g/mol. The molecule has 0 radical (unpaired) electrons. The van der Waals surface area contributed by atoms with E-state index in [0.717, 1.165) is 18.4 Å². The monoisotopic (exact) mass is 371 g/mol. The largest absolute Gasteiger partial charge is 0.373 e. The molecule has 1 aromatic rings. The van der Waals surface area contributed by atoms with Gasteiger partial charge in [0.15, 0.2) is 0 Å². The first-order valence-electron chi connectivity index (χ1n) is 10.6. The summed E-state index contributed by atoms with van der Waals surface area (Å²) in [6.07, 6.45) is 10.8. The molecular formula is C24H37NO2. The van der Waals surface area contributed by atoms with Crippen LogP contribution in [0.15, 0.2) is 30.8 Å². The molecule has 27 heavy (non-hydrogen) atoms. The summed E-state index contributed by atoms with van der Waals surface area (Å²) < 4.78 is 6.39. The van der Waals surface area contributed by atoms with Gasteiger partial charge in [0.05, 0.1) is 18.8 Å². The zero-order valence-corrected chi connectivity index (χ0v) is 17.7. The average molecular weight is 372 g/mol. The Bertz CT molecular complexity index is 613. The lowest BCUT2D eigenvalue weighted by Gasteiger charge is -2.54. The number of ether oxygens (including phenoxy) is 1. The smallest absolute Gasteiger partial charge is 0.0793 e. The molecule has 3 nitrogen and oxygen atoms in total. The second-order valence-corrected chi connectivity index (χ2v) is 9.53. The average Bonchev–Trinajstić information content (AvgIpc) is 2.63. The van der Waals surface area contributed by atoms with Crippen molar-refractivity contribution < 1.29 is 9.57 Å². The molecule has 0 bridgehead atoms. The third kappa shape index (κ3) is 5.01. The summed E-state index contributed by atoms with van der Waals surface area (Å²) in [7, 11) is 0. The van der Waals surface area contributed by atoms with E-state index in [9.17, 15) is 0 Å². The summed E-state index contributed by atoms with van der Waals surface area (Å²) in [6, 6.07) is 8.35. The van der Waals surface area contributed by atoms with Crippen molar-refractivity contribution in [3.63, 3.8) is 0 Å². The van der Waals surface area contributed by atoms with Crippen molar-refractivity contribution in [2.24, 2.45) is 0 Å². The Hall–Kier alpha value is -1.16. The minimum Gasteiger partial charge on any atom is -0.373 e. The third-order valence-corrected chi connectivity index (χ3v) is 6.11. The fourth-order valence-corrected chi connectivity index (χ4v) is 4.97. The highest BCUT2D eigenvalue weighted by Gasteiger charge is 2.47. The van der Waals surface area contributed by atoms with Crippen LogP contribution in [0, 0.1) is 0 Å². The predicted octanol–water partition coefficient (Wildman–Crippen LogP) is 6.13. The van der Waals surface area contributed by atoms with Gasteiger partial charge in [-0.25, -0.2) is 0 Å². The Balaban J connectivity index is 1.64. The molecule has 0 atom stereocenters. The van der Waals surface area contributed by atoms with Crippen LogP contribution in [-0.2, 0) is 16.2 Å². The van der Waals surface area contributed by atoms with Crippen LogP contribution in [0.1, 0.15) is 83.8 Å². The lowest BCUT2D eigenvalue weighted by atomic mass is 9.80. The molecule has 0 aromatic heterocycles. The van der Waals surface area contributed by atoms with Gasteiger partial charge in [-0.15, -0.1) is 0 Å². The van der Waals surface area contributed by atoms with Crippen LogP contribution in [0.3, 0.4) is 0 Å². The van der Waals surface area contributed by atoms with E-state index in [1.54, 1.807) is 0 Å². The number of hydrogen-bond acceptors (Lipinski definition) is 3. The highest BCUT2D eigenvalue weighted by atomic mass is 16.7. The molecule has 1 aromatic carbocycles. The molecule has 3 heteroatoms. The maximum absolute atomic E-state index is 6.57. The Morgan fingerprint density at radius 2 is 1.63 bits per heavy atom. The van der Waals surface area contributed by atoms with Crippen molar-refractivity contribution in [1.29, 1.82) is 0 Å². The molecule has 1 saturated heterocycles. The SMILES string of the molecule is C=Cc1ccccc1COC1CC(C)(C)N(OC2CCCCC2)C(C)(C)C1.